The molecule has 14 heteroatoms. The van der Waals surface area contributed by atoms with Crippen LogP contribution in [0.25, 0.3) is 0 Å². The smallest absolute Gasteiger partial charge is 0.312 e. The van der Waals surface area contributed by atoms with Crippen LogP contribution in [0, 0.1) is 5.41 Å². The van der Waals surface area contributed by atoms with Gasteiger partial charge in [0.25, 0.3) is 11.8 Å². The number of esters is 2. The number of amides is 2. The molecule has 2 unspecified atom stereocenters. The van der Waals surface area contributed by atoms with Crippen molar-refractivity contribution in [3.05, 3.63) is 0 Å². The molecule has 2 amide bonds. The van der Waals surface area contributed by atoms with Gasteiger partial charge in [0.2, 0.25) is 4.29 Å². The first-order valence-corrected chi connectivity index (χ1v) is 14.2. The van der Waals surface area contributed by atoms with E-state index in [1.807, 2.05) is 0 Å². The van der Waals surface area contributed by atoms with Gasteiger partial charge in [0.15, 0.2) is 0 Å². The minimum Gasteiger partial charge on any atom is -0.469 e. The largest absolute Gasteiger partial charge is 0.469 e. The lowest BCUT2D eigenvalue weighted by Crippen LogP contribution is -2.79. The Labute approximate surface area is 235 Å². The van der Waals surface area contributed by atoms with E-state index in [1.54, 1.807) is 0 Å². The Kier molecular flexibility index (Phi) is 7.44. The second kappa shape index (κ2) is 8.70. The van der Waals surface area contributed by atoms with E-state index in [9.17, 15) is 19.2 Å². The highest BCUT2D eigenvalue weighted by molar-refractivity contribution is 9.40. The first-order valence-electron chi connectivity index (χ1n) is 9.46. The average Bonchev–Trinajstić information content (AvgIpc) is 2.56. The number of carbonyl (C=O) groups is 4. The molecule has 4 fully saturated rings. The van der Waals surface area contributed by atoms with Crippen LogP contribution in [0.15, 0.2) is 0 Å². The zero-order valence-corrected chi connectivity index (χ0v) is 26.5. The quantitative estimate of drug-likeness (QED) is 0.325. The molecule has 4 aliphatic carbocycles. The summed E-state index contributed by atoms with van der Waals surface area (Å²) >= 11 is 19.4. The number of carbonyl (C=O) groups excluding carboxylic acids is 4. The molecule has 0 radical (unpaired) electrons. The Hall–Kier alpha value is 0.760. The summed E-state index contributed by atoms with van der Waals surface area (Å²) in [5, 5.41) is 6.08. The first-order chi connectivity index (χ1) is 14.4. The van der Waals surface area contributed by atoms with E-state index in [-0.39, 0.29) is 6.42 Å². The van der Waals surface area contributed by atoms with Crippen LogP contribution in [0.5, 0.6) is 0 Å². The molecule has 180 valence electrons. The number of ether oxygens (including phenoxy) is 2. The fourth-order valence-electron chi connectivity index (χ4n) is 6.28. The van der Waals surface area contributed by atoms with Crippen molar-refractivity contribution in [2.75, 3.05) is 7.11 Å². The number of hydrogen-bond donors (Lipinski definition) is 2. The Morgan fingerprint density at radius 2 is 1.19 bits per heavy atom. The first kappa shape index (κ1) is 27.3. The van der Waals surface area contributed by atoms with Gasteiger partial charge in [0.1, 0.15) is 5.60 Å². The third-order valence-electron chi connectivity index (χ3n) is 6.26. The van der Waals surface area contributed by atoms with Crippen molar-refractivity contribution in [1.82, 2.24) is 10.6 Å². The van der Waals surface area contributed by atoms with E-state index >= 15 is 0 Å². The van der Waals surface area contributed by atoms with Gasteiger partial charge in [-0.05, 0) is 115 Å². The minimum absolute atomic E-state index is 0.256. The molecular weight excluding hydrogens is 820 g/mol. The maximum Gasteiger partial charge on any atom is 0.312 e. The van der Waals surface area contributed by atoms with E-state index in [0.29, 0.717) is 32.1 Å². The summed E-state index contributed by atoms with van der Waals surface area (Å²) in [5.74, 6) is -1.80. The fourth-order valence-corrected chi connectivity index (χ4v) is 6.87. The van der Waals surface area contributed by atoms with Crippen LogP contribution in [0.4, 0.5) is 0 Å². The predicted molar refractivity (Wildman–Crippen MR) is 137 cm³/mol. The summed E-state index contributed by atoms with van der Waals surface area (Å²) in [6, 6.07) is 0. The number of nitrogens with one attached hydrogen (secondary N) is 2. The second-order valence-corrected chi connectivity index (χ2v) is 22.6. The molecule has 0 aromatic rings. The highest BCUT2D eigenvalue weighted by atomic mass is 80.0. The third-order valence-corrected chi connectivity index (χ3v) is 8.42. The third kappa shape index (κ3) is 5.29. The van der Waals surface area contributed by atoms with Crippen LogP contribution < -0.4 is 10.6 Å². The maximum absolute atomic E-state index is 13.1. The molecular formula is C18H20Br6N2O6. The van der Waals surface area contributed by atoms with E-state index in [4.69, 9.17) is 9.47 Å². The summed E-state index contributed by atoms with van der Waals surface area (Å²) in [6.07, 6.45) is 1.82. The molecule has 4 bridgehead atoms. The summed E-state index contributed by atoms with van der Waals surface area (Å²) < 4.78 is 8.54. The number of methoxy groups -OCH3 is 1. The molecule has 4 aliphatic rings. The van der Waals surface area contributed by atoms with Gasteiger partial charge in [-0.1, -0.05) is 0 Å². The molecule has 2 N–H and O–H groups in total. The van der Waals surface area contributed by atoms with Crippen LogP contribution in [0.3, 0.4) is 0 Å². The van der Waals surface area contributed by atoms with Gasteiger partial charge in [-0.25, -0.2) is 0 Å². The molecule has 2 atom stereocenters. The molecule has 0 aromatic carbocycles. The number of halogens is 6. The highest BCUT2D eigenvalue weighted by Gasteiger charge is 2.73. The number of alkyl halides is 6. The maximum atomic E-state index is 13.1. The molecule has 0 spiro atoms. The number of rotatable bonds is 4. The van der Waals surface area contributed by atoms with Gasteiger partial charge >= 0.3 is 11.9 Å². The van der Waals surface area contributed by atoms with Crippen LogP contribution in [0.2, 0.25) is 0 Å². The van der Waals surface area contributed by atoms with E-state index < -0.39 is 50.1 Å². The van der Waals surface area contributed by atoms with E-state index in [1.165, 1.54) is 14.0 Å². The van der Waals surface area contributed by atoms with Gasteiger partial charge in [0.05, 0.1) is 12.5 Å². The monoisotopic (exact) mass is 834 g/mol. The molecule has 8 nitrogen and oxygen atoms in total. The minimum atomic E-state index is -1.23. The van der Waals surface area contributed by atoms with E-state index in [2.05, 4.69) is 106 Å². The van der Waals surface area contributed by atoms with Gasteiger partial charge in [-0.15, -0.1) is 0 Å². The lowest BCUT2D eigenvalue weighted by molar-refractivity contribution is -0.224. The molecule has 4 rings (SSSR count). The molecule has 0 aromatic heterocycles. The van der Waals surface area contributed by atoms with Crippen molar-refractivity contribution < 1.29 is 28.7 Å². The normalized spacial score (nSPS) is 35.8. The number of hydrogen-bond acceptors (Lipinski definition) is 6. The Balaban J connectivity index is 2.14. The average molecular weight is 840 g/mol. The Morgan fingerprint density at radius 1 is 0.750 bits per heavy atom. The van der Waals surface area contributed by atoms with Crippen molar-refractivity contribution in [1.29, 1.82) is 0 Å². The SMILES string of the molecule is COC(=O)C12CC3(NC(=O)C(Br)(Br)Br)CC(NC(=O)C(Br)(Br)Br)(CC(OC(C)=O)(C3)C1)C2. The van der Waals surface area contributed by atoms with Crippen LogP contribution in [0.1, 0.15) is 45.4 Å². The molecule has 0 saturated heterocycles. The zero-order valence-electron chi connectivity index (χ0n) is 17.0. The van der Waals surface area contributed by atoms with Gasteiger partial charge in [0, 0.05) is 37.3 Å². The summed E-state index contributed by atoms with van der Waals surface area (Å²) in [6.45, 7) is 1.31. The van der Waals surface area contributed by atoms with Crippen molar-refractivity contribution in [3.8, 4) is 0 Å². The van der Waals surface area contributed by atoms with Crippen LogP contribution >= 0.6 is 95.6 Å². The fraction of sp³-hybridized carbons (Fsp3) is 0.778. The Bertz CT molecular complexity index is 825. The van der Waals surface area contributed by atoms with Crippen molar-refractivity contribution in [2.24, 2.45) is 5.41 Å². The second-order valence-electron chi connectivity index (χ2n) is 9.07. The summed E-state index contributed by atoms with van der Waals surface area (Å²) in [4.78, 5) is 51.0. The molecule has 0 heterocycles. The van der Waals surface area contributed by atoms with Crippen molar-refractivity contribution in [2.45, 2.75) is 66.4 Å². The topological polar surface area (TPSA) is 111 Å². The van der Waals surface area contributed by atoms with Crippen LogP contribution in [-0.4, -0.2) is 51.8 Å². The molecule has 4 saturated carbocycles. The van der Waals surface area contributed by atoms with Crippen molar-refractivity contribution >= 4 is 119 Å². The van der Waals surface area contributed by atoms with Gasteiger partial charge in [-0.2, -0.15) is 0 Å². The van der Waals surface area contributed by atoms with E-state index in [0.717, 1.165) is 0 Å². The predicted octanol–water partition coefficient (Wildman–Crippen LogP) is 4.22. The van der Waals surface area contributed by atoms with Crippen molar-refractivity contribution in [3.63, 3.8) is 0 Å². The standard InChI is InChI=1S/C18H20Br6N2O6/c1-9(27)32-16-5-13(12(30)31-2)3-14(7-16,25-10(28)17(19,20)21)6-15(4-13,8-16)26-11(29)18(22,23)24/h3-8H2,1-2H3,(H,25,28)(H,26,29). The Morgan fingerprint density at radius 3 is 1.53 bits per heavy atom. The molecule has 32 heavy (non-hydrogen) atoms. The summed E-state index contributed by atoms with van der Waals surface area (Å²) in [7, 11) is 1.30. The molecule has 0 aliphatic heterocycles. The van der Waals surface area contributed by atoms with Gasteiger partial charge in [-0.3, -0.25) is 19.2 Å². The zero-order chi connectivity index (χ0) is 24.4. The lowest BCUT2D eigenvalue weighted by atomic mass is 9.42. The highest BCUT2D eigenvalue weighted by Crippen LogP contribution is 2.66. The van der Waals surface area contributed by atoms with Gasteiger partial charge < -0.3 is 20.1 Å². The lowest BCUT2D eigenvalue weighted by Gasteiger charge is -2.68. The van der Waals surface area contributed by atoms with Crippen LogP contribution in [-0.2, 0) is 28.7 Å². The summed E-state index contributed by atoms with van der Waals surface area (Å²) in [5.41, 5.74) is -3.98.